The van der Waals surface area contributed by atoms with E-state index in [4.69, 9.17) is 34.8 Å². The second-order valence-corrected chi connectivity index (χ2v) is 3.53. The summed E-state index contributed by atoms with van der Waals surface area (Å²) in [5.41, 5.74) is -3.60. The Hall–Kier alpha value is -1.50. The molecule has 6 nitrogen and oxygen atoms in total. The number of hydrogen-bond acceptors (Lipinski definition) is 6. The summed E-state index contributed by atoms with van der Waals surface area (Å²) in [6.45, 7) is 0. The predicted octanol–water partition coefficient (Wildman–Crippen LogP) is 3.90. The molecule has 0 unspecified atom stereocenters. The minimum absolute atomic E-state index is 0.264. The monoisotopic (exact) mass is 312 g/mol. The molecule has 1 aromatic carbocycles. The average molecular weight is 313 g/mol. The van der Waals surface area contributed by atoms with Gasteiger partial charge in [0.05, 0.1) is 0 Å². The molecule has 0 bridgehead atoms. The lowest BCUT2D eigenvalue weighted by molar-refractivity contribution is 0.210. The first-order chi connectivity index (χ1) is 8.40. The van der Waals surface area contributed by atoms with E-state index < -0.39 is 22.0 Å². The molecule has 0 saturated carbocycles. The second kappa shape index (κ2) is 6.44. The molecule has 0 aliphatic rings. The summed E-state index contributed by atoms with van der Waals surface area (Å²) in [6.07, 6.45) is 0. The van der Waals surface area contributed by atoms with Crippen LogP contribution < -0.4 is 14.2 Å². The van der Waals surface area contributed by atoms with Crippen LogP contribution in [0.4, 0.5) is 14.4 Å². The lowest BCUT2D eigenvalue weighted by Gasteiger charge is -2.10. The van der Waals surface area contributed by atoms with E-state index in [-0.39, 0.29) is 11.5 Å². The molecule has 0 fully saturated rings. The molecule has 0 aliphatic heterocycles. The van der Waals surface area contributed by atoms with Gasteiger partial charge >= 0.3 is 16.3 Å². The highest BCUT2D eigenvalue weighted by Gasteiger charge is 2.19. The Morgan fingerprint density at radius 2 is 1.17 bits per heavy atom. The normalized spacial score (nSPS) is 9.50. The lowest BCUT2D eigenvalue weighted by Crippen LogP contribution is -2.06. The van der Waals surface area contributed by atoms with Crippen LogP contribution >= 0.6 is 34.8 Å². The van der Waals surface area contributed by atoms with Crippen molar-refractivity contribution in [2.24, 2.45) is 0 Å². The van der Waals surface area contributed by atoms with E-state index in [1.54, 1.807) is 0 Å². The minimum Gasteiger partial charge on any atom is -0.410 e. The summed E-state index contributed by atoms with van der Waals surface area (Å²) < 4.78 is 13.6. The van der Waals surface area contributed by atoms with E-state index in [1.165, 1.54) is 18.2 Å². The largest absolute Gasteiger partial charge is 0.410 e. The maximum absolute atomic E-state index is 10.7. The summed E-state index contributed by atoms with van der Waals surface area (Å²) >= 11 is 15.0. The summed E-state index contributed by atoms with van der Waals surface area (Å²) in [6, 6.07) is 3.82. The standard InChI is InChI=1S/C9H3Cl3O6/c10-7(13)16-4-2-1-3-5(17-8(11)14)6(4)18-9(12)15/h1-3H. The van der Waals surface area contributed by atoms with Gasteiger partial charge in [0, 0.05) is 34.8 Å². The van der Waals surface area contributed by atoms with Gasteiger partial charge in [-0.3, -0.25) is 0 Å². The molecule has 18 heavy (non-hydrogen) atoms. The number of hydrogen-bond donors (Lipinski definition) is 0. The first-order valence-corrected chi connectivity index (χ1v) is 5.28. The molecule has 0 heterocycles. The van der Waals surface area contributed by atoms with Gasteiger partial charge in [0.2, 0.25) is 5.75 Å². The number of carbonyl (C=O) groups is 3. The highest BCUT2D eigenvalue weighted by Crippen LogP contribution is 2.38. The summed E-state index contributed by atoms with van der Waals surface area (Å²) in [5.74, 6) is -0.931. The fraction of sp³-hybridized carbons (Fsp3) is 0. The van der Waals surface area contributed by atoms with Crippen LogP contribution in [0.25, 0.3) is 0 Å². The van der Waals surface area contributed by atoms with Gasteiger partial charge in [0.25, 0.3) is 0 Å². The number of halogens is 3. The Morgan fingerprint density at radius 1 is 0.778 bits per heavy atom. The molecule has 96 valence electrons. The second-order valence-electron chi connectivity index (χ2n) is 2.60. The molecule has 9 heteroatoms. The first-order valence-electron chi connectivity index (χ1n) is 4.15. The number of rotatable bonds is 3. The minimum atomic E-state index is -1.24. The van der Waals surface area contributed by atoms with E-state index in [0.717, 1.165) is 0 Å². The van der Waals surface area contributed by atoms with Crippen LogP contribution in [0.15, 0.2) is 18.2 Å². The number of para-hydroxylation sites is 1. The van der Waals surface area contributed by atoms with Crippen LogP contribution in [0.3, 0.4) is 0 Å². The van der Waals surface area contributed by atoms with Crippen molar-refractivity contribution in [1.29, 1.82) is 0 Å². The van der Waals surface area contributed by atoms with Crippen molar-refractivity contribution in [3.63, 3.8) is 0 Å². The Kier molecular flexibility index (Phi) is 5.21. The van der Waals surface area contributed by atoms with Gasteiger partial charge in [-0.25, -0.2) is 14.4 Å². The molecular formula is C9H3Cl3O6. The van der Waals surface area contributed by atoms with Crippen LogP contribution in [0.5, 0.6) is 17.2 Å². The lowest BCUT2D eigenvalue weighted by atomic mass is 10.3. The molecule has 0 spiro atoms. The maximum Gasteiger partial charge on any atom is 0.409 e. The van der Waals surface area contributed by atoms with Crippen LogP contribution in [0, 0.1) is 0 Å². The zero-order chi connectivity index (χ0) is 13.7. The highest BCUT2D eigenvalue weighted by molar-refractivity contribution is 6.62. The molecular weight excluding hydrogens is 310 g/mol. The van der Waals surface area contributed by atoms with Crippen LogP contribution in [-0.4, -0.2) is 16.3 Å². The quantitative estimate of drug-likeness (QED) is 0.787. The molecule has 0 aliphatic carbocycles. The summed E-state index contributed by atoms with van der Waals surface area (Å²) in [5, 5.41) is 0. The smallest absolute Gasteiger partial charge is 0.409 e. The van der Waals surface area contributed by atoms with Gasteiger partial charge in [0.1, 0.15) is 0 Å². The third kappa shape index (κ3) is 4.40. The average Bonchev–Trinajstić information content (AvgIpc) is 2.20. The van der Waals surface area contributed by atoms with Crippen molar-refractivity contribution in [2.75, 3.05) is 0 Å². The Balaban J connectivity index is 3.19. The predicted molar refractivity (Wildman–Crippen MR) is 62.1 cm³/mol. The molecule has 0 saturated heterocycles. The van der Waals surface area contributed by atoms with Crippen LogP contribution in [0.2, 0.25) is 0 Å². The number of ether oxygens (including phenoxy) is 3. The van der Waals surface area contributed by atoms with Gasteiger partial charge < -0.3 is 14.2 Å². The fourth-order valence-corrected chi connectivity index (χ4v) is 1.25. The van der Waals surface area contributed by atoms with Gasteiger partial charge in [-0.15, -0.1) is 0 Å². The van der Waals surface area contributed by atoms with Crippen molar-refractivity contribution in [3.8, 4) is 17.2 Å². The van der Waals surface area contributed by atoms with Gasteiger partial charge in [-0.05, 0) is 12.1 Å². The van der Waals surface area contributed by atoms with E-state index in [1.807, 2.05) is 0 Å². The molecule has 1 aromatic rings. The van der Waals surface area contributed by atoms with Crippen molar-refractivity contribution < 1.29 is 28.6 Å². The van der Waals surface area contributed by atoms with E-state index in [2.05, 4.69) is 14.2 Å². The summed E-state index contributed by atoms with van der Waals surface area (Å²) in [7, 11) is 0. The van der Waals surface area contributed by atoms with Crippen LogP contribution in [-0.2, 0) is 0 Å². The molecule has 1 rings (SSSR count). The summed E-state index contributed by atoms with van der Waals surface area (Å²) in [4.78, 5) is 31.9. The third-order valence-corrected chi connectivity index (χ3v) is 1.74. The highest BCUT2D eigenvalue weighted by atomic mass is 35.5. The van der Waals surface area contributed by atoms with Gasteiger partial charge in [-0.2, -0.15) is 0 Å². The molecule has 0 atom stereocenters. The molecule has 0 N–H and O–H groups in total. The maximum atomic E-state index is 10.7. The Morgan fingerprint density at radius 3 is 1.50 bits per heavy atom. The van der Waals surface area contributed by atoms with Crippen molar-refractivity contribution in [1.82, 2.24) is 0 Å². The molecule has 0 amide bonds. The zero-order valence-electron chi connectivity index (χ0n) is 8.32. The van der Waals surface area contributed by atoms with E-state index in [9.17, 15) is 14.4 Å². The van der Waals surface area contributed by atoms with Gasteiger partial charge in [-0.1, -0.05) is 6.07 Å². The van der Waals surface area contributed by atoms with E-state index >= 15 is 0 Å². The van der Waals surface area contributed by atoms with Crippen molar-refractivity contribution in [3.05, 3.63) is 18.2 Å². The first kappa shape index (κ1) is 14.6. The topological polar surface area (TPSA) is 78.9 Å². The Labute approximate surface area is 115 Å². The van der Waals surface area contributed by atoms with E-state index in [0.29, 0.717) is 0 Å². The van der Waals surface area contributed by atoms with Crippen LogP contribution in [0.1, 0.15) is 0 Å². The van der Waals surface area contributed by atoms with Gasteiger partial charge in [0.15, 0.2) is 11.5 Å². The van der Waals surface area contributed by atoms with Crippen molar-refractivity contribution in [2.45, 2.75) is 0 Å². The molecule has 0 radical (unpaired) electrons. The van der Waals surface area contributed by atoms with Crippen molar-refractivity contribution >= 4 is 51.1 Å². The number of benzene rings is 1. The Bertz CT molecular complexity index is 467. The molecule has 0 aromatic heterocycles. The SMILES string of the molecule is O=C(Cl)Oc1cccc(OC(=O)Cl)c1OC(=O)Cl. The zero-order valence-corrected chi connectivity index (χ0v) is 10.6. The fourth-order valence-electron chi connectivity index (χ4n) is 1.01. The number of carbonyl (C=O) groups excluding carboxylic acids is 3. The third-order valence-electron chi connectivity index (χ3n) is 1.51.